The van der Waals surface area contributed by atoms with E-state index in [0.717, 1.165) is 24.9 Å². The molecule has 0 unspecified atom stereocenters. The predicted molar refractivity (Wildman–Crippen MR) is 80.6 cm³/mol. The number of benzene rings is 1. The predicted octanol–water partition coefficient (Wildman–Crippen LogP) is 1.29. The van der Waals surface area contributed by atoms with Gasteiger partial charge in [-0.3, -0.25) is 0 Å². The minimum Gasteiger partial charge on any atom is -0.380 e. The molecule has 0 aromatic heterocycles. The third-order valence-corrected chi connectivity index (χ3v) is 4.66. The molecule has 1 atom stereocenters. The van der Waals surface area contributed by atoms with Crippen LogP contribution in [0.15, 0.2) is 29.2 Å². The zero-order valence-electron chi connectivity index (χ0n) is 11.5. The van der Waals surface area contributed by atoms with Crippen LogP contribution in [0.2, 0.25) is 0 Å². The van der Waals surface area contributed by atoms with E-state index in [-0.39, 0.29) is 18.4 Å². The van der Waals surface area contributed by atoms with Crippen LogP contribution in [0.3, 0.4) is 0 Å². The van der Waals surface area contributed by atoms with Crippen molar-refractivity contribution in [3.05, 3.63) is 29.8 Å². The lowest BCUT2D eigenvalue weighted by Crippen LogP contribution is -2.45. The van der Waals surface area contributed by atoms with E-state index in [1.807, 2.05) is 6.07 Å². The molecule has 1 fully saturated rings. The van der Waals surface area contributed by atoms with Crippen LogP contribution < -0.4 is 10.0 Å². The van der Waals surface area contributed by atoms with E-state index in [2.05, 4.69) is 10.0 Å². The maximum atomic E-state index is 12.3. The van der Waals surface area contributed by atoms with E-state index in [0.29, 0.717) is 18.0 Å². The Balaban J connectivity index is 0.00000200. The molecule has 1 aliphatic rings. The van der Waals surface area contributed by atoms with Gasteiger partial charge in [-0.25, -0.2) is 13.1 Å². The number of methoxy groups -OCH3 is 1. The Hall–Kier alpha value is -0.660. The standard InChI is InChI=1S/C13H20N2O3S.ClH/c1-18-10-11-4-2-6-13(8-11)19(16,17)15-12-5-3-7-14-9-12;/h2,4,6,8,12,14-15H,3,5,7,9-10H2,1H3;1H/t12-;/m0./s1. The number of sulfonamides is 1. The maximum Gasteiger partial charge on any atom is 0.240 e. The molecular weight excluding hydrogens is 300 g/mol. The number of ether oxygens (including phenoxy) is 1. The molecular formula is C13H21ClN2O3S. The number of hydrogen-bond donors (Lipinski definition) is 2. The first-order chi connectivity index (χ1) is 9.12. The highest BCUT2D eigenvalue weighted by Crippen LogP contribution is 2.14. The summed E-state index contributed by atoms with van der Waals surface area (Å²) in [5.41, 5.74) is 0.854. The summed E-state index contributed by atoms with van der Waals surface area (Å²) in [6.07, 6.45) is 1.88. The van der Waals surface area contributed by atoms with E-state index >= 15 is 0 Å². The van der Waals surface area contributed by atoms with Gasteiger partial charge in [0.2, 0.25) is 10.0 Å². The molecule has 0 bridgehead atoms. The highest BCUT2D eigenvalue weighted by Gasteiger charge is 2.21. The summed E-state index contributed by atoms with van der Waals surface area (Å²) >= 11 is 0. The van der Waals surface area contributed by atoms with Gasteiger partial charge >= 0.3 is 0 Å². The van der Waals surface area contributed by atoms with Crippen molar-refractivity contribution in [2.75, 3.05) is 20.2 Å². The second kappa shape index (κ2) is 7.95. The molecule has 0 saturated carbocycles. The summed E-state index contributed by atoms with van der Waals surface area (Å²) in [6, 6.07) is 6.83. The first-order valence-corrected chi connectivity index (χ1v) is 7.91. The average molecular weight is 321 g/mol. The van der Waals surface area contributed by atoms with Gasteiger partial charge in [-0.2, -0.15) is 0 Å². The molecule has 2 rings (SSSR count). The van der Waals surface area contributed by atoms with Crippen molar-refractivity contribution >= 4 is 22.4 Å². The largest absolute Gasteiger partial charge is 0.380 e. The van der Waals surface area contributed by atoms with Gasteiger partial charge in [0.1, 0.15) is 0 Å². The third-order valence-electron chi connectivity index (χ3n) is 3.14. The fraction of sp³-hybridized carbons (Fsp3) is 0.538. The summed E-state index contributed by atoms with van der Waals surface area (Å²) in [5.74, 6) is 0. The highest BCUT2D eigenvalue weighted by molar-refractivity contribution is 7.89. The molecule has 1 saturated heterocycles. The van der Waals surface area contributed by atoms with Crippen molar-refractivity contribution in [3.63, 3.8) is 0 Å². The van der Waals surface area contributed by atoms with E-state index < -0.39 is 10.0 Å². The van der Waals surface area contributed by atoms with Crippen LogP contribution in [0.25, 0.3) is 0 Å². The maximum absolute atomic E-state index is 12.3. The van der Waals surface area contributed by atoms with E-state index in [9.17, 15) is 8.42 Å². The molecule has 7 heteroatoms. The Bertz CT molecular complexity index is 516. The molecule has 0 aliphatic carbocycles. The van der Waals surface area contributed by atoms with E-state index in [4.69, 9.17) is 4.74 Å². The molecule has 1 heterocycles. The Morgan fingerprint density at radius 2 is 2.25 bits per heavy atom. The van der Waals surface area contributed by atoms with Gasteiger partial charge in [-0.15, -0.1) is 12.4 Å². The topological polar surface area (TPSA) is 67.4 Å². The van der Waals surface area contributed by atoms with Gasteiger partial charge in [-0.05, 0) is 37.1 Å². The minimum absolute atomic E-state index is 0. The lowest BCUT2D eigenvalue weighted by atomic mass is 10.1. The Morgan fingerprint density at radius 1 is 1.45 bits per heavy atom. The number of rotatable bonds is 5. The van der Waals surface area contributed by atoms with Gasteiger partial charge in [0.25, 0.3) is 0 Å². The number of nitrogens with one attached hydrogen (secondary N) is 2. The van der Waals surface area contributed by atoms with E-state index in [1.165, 1.54) is 0 Å². The quantitative estimate of drug-likeness (QED) is 0.858. The lowest BCUT2D eigenvalue weighted by Gasteiger charge is -2.23. The van der Waals surface area contributed by atoms with Gasteiger partial charge in [0.15, 0.2) is 0 Å². The number of halogens is 1. The van der Waals surface area contributed by atoms with Crippen LogP contribution in [0.4, 0.5) is 0 Å². The summed E-state index contributed by atoms with van der Waals surface area (Å²) in [6.45, 7) is 2.06. The third kappa shape index (κ3) is 4.71. The average Bonchev–Trinajstić information content (AvgIpc) is 2.40. The van der Waals surface area contributed by atoms with Crippen molar-refractivity contribution in [2.45, 2.75) is 30.4 Å². The van der Waals surface area contributed by atoms with Gasteiger partial charge in [0.05, 0.1) is 11.5 Å². The summed E-state index contributed by atoms with van der Waals surface area (Å²) in [4.78, 5) is 0.299. The van der Waals surface area contributed by atoms with Crippen LogP contribution in [0.5, 0.6) is 0 Å². The highest BCUT2D eigenvalue weighted by atomic mass is 35.5. The van der Waals surface area contributed by atoms with Crippen molar-refractivity contribution in [1.29, 1.82) is 0 Å². The van der Waals surface area contributed by atoms with Crippen molar-refractivity contribution < 1.29 is 13.2 Å². The van der Waals surface area contributed by atoms with Crippen molar-refractivity contribution in [1.82, 2.24) is 10.0 Å². The van der Waals surface area contributed by atoms with Crippen LogP contribution in [-0.4, -0.2) is 34.7 Å². The van der Waals surface area contributed by atoms with Crippen molar-refractivity contribution in [3.8, 4) is 0 Å². The molecule has 1 aromatic rings. The van der Waals surface area contributed by atoms with Gasteiger partial charge < -0.3 is 10.1 Å². The molecule has 0 radical (unpaired) electrons. The van der Waals surface area contributed by atoms with Crippen LogP contribution in [-0.2, 0) is 21.4 Å². The monoisotopic (exact) mass is 320 g/mol. The summed E-state index contributed by atoms with van der Waals surface area (Å²) in [7, 11) is -1.86. The van der Waals surface area contributed by atoms with Crippen LogP contribution >= 0.6 is 12.4 Å². The number of piperidine rings is 1. The fourth-order valence-electron chi connectivity index (χ4n) is 2.21. The second-order valence-corrected chi connectivity index (χ2v) is 6.46. The first-order valence-electron chi connectivity index (χ1n) is 6.43. The molecule has 114 valence electrons. The van der Waals surface area contributed by atoms with Crippen LogP contribution in [0.1, 0.15) is 18.4 Å². The van der Waals surface area contributed by atoms with Gasteiger partial charge in [0, 0.05) is 19.7 Å². The molecule has 2 N–H and O–H groups in total. The smallest absolute Gasteiger partial charge is 0.240 e. The molecule has 20 heavy (non-hydrogen) atoms. The molecule has 1 aliphatic heterocycles. The second-order valence-electron chi connectivity index (χ2n) is 4.74. The zero-order chi connectivity index (χ0) is 13.7. The number of hydrogen-bond acceptors (Lipinski definition) is 4. The lowest BCUT2D eigenvalue weighted by molar-refractivity contribution is 0.184. The molecule has 1 aromatic carbocycles. The van der Waals surface area contributed by atoms with Crippen LogP contribution in [0, 0.1) is 0 Å². The Labute approximate surface area is 126 Å². The minimum atomic E-state index is -3.45. The molecule has 5 nitrogen and oxygen atoms in total. The zero-order valence-corrected chi connectivity index (χ0v) is 13.1. The normalized spacial score (nSPS) is 19.4. The molecule has 0 spiro atoms. The summed E-state index contributed by atoms with van der Waals surface area (Å²) < 4.78 is 32.3. The van der Waals surface area contributed by atoms with Crippen molar-refractivity contribution in [2.24, 2.45) is 0 Å². The summed E-state index contributed by atoms with van der Waals surface area (Å²) in [5, 5.41) is 3.19. The SMILES string of the molecule is COCc1cccc(S(=O)(=O)N[C@H]2CCCNC2)c1.Cl. The molecule has 0 amide bonds. The first kappa shape index (κ1) is 17.4. The Kier molecular flexibility index (Phi) is 6.91. The Morgan fingerprint density at radius 3 is 2.90 bits per heavy atom. The van der Waals surface area contributed by atoms with Gasteiger partial charge in [-0.1, -0.05) is 12.1 Å². The fourth-order valence-corrected chi connectivity index (χ4v) is 3.55. The van der Waals surface area contributed by atoms with E-state index in [1.54, 1.807) is 25.3 Å².